The third-order valence-electron chi connectivity index (χ3n) is 5.57. The lowest BCUT2D eigenvalue weighted by molar-refractivity contribution is -0.124. The van der Waals surface area contributed by atoms with Gasteiger partial charge in [-0.2, -0.15) is 0 Å². The minimum Gasteiger partial charge on any atom is -0.489 e. The minimum atomic E-state index is -0.0124. The summed E-state index contributed by atoms with van der Waals surface area (Å²) in [7, 11) is 0. The first-order valence-corrected chi connectivity index (χ1v) is 10.7. The molecular weight excluding hydrogens is 380 g/mol. The zero-order valence-corrected chi connectivity index (χ0v) is 17.5. The molecule has 0 radical (unpaired) electrons. The number of amides is 1. The number of benzene rings is 2. The van der Waals surface area contributed by atoms with Crippen LogP contribution in [0.15, 0.2) is 54.2 Å². The van der Waals surface area contributed by atoms with Crippen molar-refractivity contribution in [1.29, 1.82) is 0 Å². The summed E-state index contributed by atoms with van der Waals surface area (Å²) in [6, 6.07) is 16.3. The lowest BCUT2D eigenvalue weighted by atomic mass is 9.94. The van der Waals surface area contributed by atoms with Crippen molar-refractivity contribution in [3.8, 4) is 5.75 Å². The van der Waals surface area contributed by atoms with E-state index in [4.69, 9.17) is 17.0 Å². The number of nitrogens with zero attached hydrogens (tertiary/aromatic N) is 1. The number of thiocarbonyl (C=S) groups is 1. The number of hydrogen-bond acceptors (Lipinski definition) is 3. The average Bonchev–Trinajstić information content (AvgIpc) is 3.02. The summed E-state index contributed by atoms with van der Waals surface area (Å²) in [5.41, 5.74) is 3.87. The monoisotopic (exact) mass is 406 g/mol. The number of nitrogens with one attached hydrogen (secondary N) is 1. The fourth-order valence-electron chi connectivity index (χ4n) is 3.90. The van der Waals surface area contributed by atoms with Crippen LogP contribution in [0.3, 0.4) is 0 Å². The van der Waals surface area contributed by atoms with E-state index in [0.717, 1.165) is 29.7 Å². The van der Waals surface area contributed by atoms with Gasteiger partial charge in [-0.1, -0.05) is 61.2 Å². The average molecular weight is 407 g/mol. The Morgan fingerprint density at radius 3 is 2.45 bits per heavy atom. The molecule has 0 bridgehead atoms. The van der Waals surface area contributed by atoms with Gasteiger partial charge in [0.15, 0.2) is 5.11 Å². The van der Waals surface area contributed by atoms with E-state index in [1.54, 1.807) is 4.90 Å². The third-order valence-corrected chi connectivity index (χ3v) is 5.87. The molecule has 1 N–H and O–H groups in total. The maximum atomic E-state index is 12.9. The van der Waals surface area contributed by atoms with Gasteiger partial charge in [0.05, 0.1) is 0 Å². The standard InChI is InChI=1S/C24H26N2O2S/c1-17-7-9-19(10-8-17)16-28-21-13-11-18(12-14-21)15-22-23(27)26(24(29)25-22)20-5-3-2-4-6-20/h7-15,20H,2-6,16H2,1H3,(H,25,29)/b22-15-. The van der Waals surface area contributed by atoms with Crippen LogP contribution in [0.5, 0.6) is 5.75 Å². The SMILES string of the molecule is Cc1ccc(COc2ccc(/C=C3\NC(=S)N(C4CCCCC4)C3=O)cc2)cc1. The molecule has 0 aromatic heterocycles. The van der Waals surface area contributed by atoms with Gasteiger partial charge in [-0.05, 0) is 61.3 Å². The van der Waals surface area contributed by atoms with Gasteiger partial charge in [-0.3, -0.25) is 9.69 Å². The highest BCUT2D eigenvalue weighted by Gasteiger charge is 2.36. The molecule has 4 rings (SSSR count). The highest BCUT2D eigenvalue weighted by atomic mass is 32.1. The highest BCUT2D eigenvalue weighted by Crippen LogP contribution is 2.27. The first-order valence-electron chi connectivity index (χ1n) is 10.2. The van der Waals surface area contributed by atoms with Gasteiger partial charge in [0.1, 0.15) is 18.1 Å². The molecule has 0 atom stereocenters. The molecule has 1 aliphatic carbocycles. The molecule has 1 aliphatic heterocycles. The van der Waals surface area contributed by atoms with Gasteiger partial charge < -0.3 is 10.1 Å². The van der Waals surface area contributed by atoms with Crippen molar-refractivity contribution >= 4 is 29.3 Å². The van der Waals surface area contributed by atoms with Crippen LogP contribution in [0.1, 0.15) is 48.8 Å². The van der Waals surface area contributed by atoms with Crippen molar-refractivity contribution in [2.75, 3.05) is 0 Å². The minimum absolute atomic E-state index is 0.0124. The molecule has 2 aromatic carbocycles. The van der Waals surface area contributed by atoms with E-state index in [9.17, 15) is 4.79 Å². The van der Waals surface area contributed by atoms with Crippen molar-refractivity contribution in [3.63, 3.8) is 0 Å². The Morgan fingerprint density at radius 1 is 1.07 bits per heavy atom. The lowest BCUT2D eigenvalue weighted by Crippen LogP contribution is -2.41. The normalized spacial score (nSPS) is 18.9. The van der Waals surface area contributed by atoms with Crippen molar-refractivity contribution in [3.05, 3.63) is 70.9 Å². The quantitative estimate of drug-likeness (QED) is 0.563. The number of carbonyl (C=O) groups excluding carboxylic acids is 1. The fraction of sp³-hybridized carbons (Fsp3) is 0.333. The molecule has 1 heterocycles. The summed E-state index contributed by atoms with van der Waals surface area (Å²) >= 11 is 5.43. The maximum absolute atomic E-state index is 12.9. The Labute approximate surface area is 177 Å². The van der Waals surface area contributed by atoms with Crippen LogP contribution in [0, 0.1) is 6.92 Å². The summed E-state index contributed by atoms with van der Waals surface area (Å²) in [5, 5.41) is 3.64. The number of carbonyl (C=O) groups is 1. The Balaban J connectivity index is 1.39. The van der Waals surface area contributed by atoms with E-state index >= 15 is 0 Å². The predicted octanol–water partition coefficient (Wildman–Crippen LogP) is 4.96. The Bertz CT molecular complexity index is 913. The van der Waals surface area contributed by atoms with Crippen LogP contribution in [0.2, 0.25) is 0 Å². The molecule has 29 heavy (non-hydrogen) atoms. The van der Waals surface area contributed by atoms with Crippen LogP contribution < -0.4 is 10.1 Å². The second-order valence-corrected chi connectivity index (χ2v) is 8.19. The number of hydrogen-bond donors (Lipinski definition) is 1. The summed E-state index contributed by atoms with van der Waals surface area (Å²) in [5.74, 6) is 0.791. The Morgan fingerprint density at radius 2 is 1.76 bits per heavy atom. The Hall–Kier alpha value is -2.66. The molecule has 5 heteroatoms. The molecule has 2 fully saturated rings. The molecule has 1 amide bonds. The van der Waals surface area contributed by atoms with E-state index in [2.05, 4.69) is 36.5 Å². The van der Waals surface area contributed by atoms with Crippen LogP contribution in [-0.4, -0.2) is 22.0 Å². The van der Waals surface area contributed by atoms with Crippen molar-refractivity contribution in [2.45, 2.75) is 51.7 Å². The number of rotatable bonds is 5. The highest BCUT2D eigenvalue weighted by molar-refractivity contribution is 7.80. The zero-order chi connectivity index (χ0) is 20.2. The molecule has 0 spiro atoms. The van der Waals surface area contributed by atoms with Gasteiger partial charge in [0.25, 0.3) is 5.91 Å². The fourth-order valence-corrected chi connectivity index (χ4v) is 4.24. The van der Waals surface area contributed by atoms with Crippen molar-refractivity contribution in [2.24, 2.45) is 0 Å². The molecule has 0 unspecified atom stereocenters. The van der Waals surface area contributed by atoms with Gasteiger partial charge in [0.2, 0.25) is 0 Å². The molecule has 150 valence electrons. The topological polar surface area (TPSA) is 41.6 Å². The van der Waals surface area contributed by atoms with Crippen molar-refractivity contribution in [1.82, 2.24) is 10.2 Å². The smallest absolute Gasteiger partial charge is 0.276 e. The number of ether oxygens (including phenoxy) is 1. The number of aryl methyl sites for hydroxylation is 1. The molecule has 1 saturated heterocycles. The first kappa shape index (κ1) is 19.6. The second kappa shape index (κ2) is 8.78. The van der Waals surface area contributed by atoms with Crippen LogP contribution in [-0.2, 0) is 11.4 Å². The van der Waals surface area contributed by atoms with Gasteiger partial charge in [-0.15, -0.1) is 0 Å². The maximum Gasteiger partial charge on any atom is 0.276 e. The molecule has 1 saturated carbocycles. The first-order chi connectivity index (χ1) is 14.1. The van der Waals surface area contributed by atoms with Crippen LogP contribution in [0.25, 0.3) is 6.08 Å². The zero-order valence-electron chi connectivity index (χ0n) is 16.7. The van der Waals surface area contributed by atoms with Gasteiger partial charge in [0, 0.05) is 6.04 Å². The lowest BCUT2D eigenvalue weighted by Gasteiger charge is -2.29. The molecule has 2 aromatic rings. The van der Waals surface area contributed by atoms with Gasteiger partial charge >= 0.3 is 0 Å². The van der Waals surface area contributed by atoms with E-state index in [1.807, 2.05) is 30.3 Å². The van der Waals surface area contributed by atoms with E-state index in [1.165, 1.54) is 24.8 Å². The predicted molar refractivity (Wildman–Crippen MR) is 119 cm³/mol. The summed E-state index contributed by atoms with van der Waals surface area (Å²) in [4.78, 5) is 14.6. The summed E-state index contributed by atoms with van der Waals surface area (Å²) in [6.45, 7) is 2.61. The molecular formula is C24H26N2O2S. The van der Waals surface area contributed by atoms with E-state index in [-0.39, 0.29) is 11.9 Å². The van der Waals surface area contributed by atoms with Crippen molar-refractivity contribution < 1.29 is 9.53 Å². The summed E-state index contributed by atoms with van der Waals surface area (Å²) in [6.07, 6.45) is 7.52. The Kier molecular flexibility index (Phi) is 5.95. The summed E-state index contributed by atoms with van der Waals surface area (Å²) < 4.78 is 5.86. The molecule has 4 nitrogen and oxygen atoms in total. The largest absolute Gasteiger partial charge is 0.489 e. The van der Waals surface area contributed by atoms with E-state index < -0.39 is 0 Å². The third kappa shape index (κ3) is 4.67. The second-order valence-electron chi connectivity index (χ2n) is 7.80. The molecule has 2 aliphatic rings. The van der Waals surface area contributed by atoms with E-state index in [0.29, 0.717) is 17.4 Å². The van der Waals surface area contributed by atoms with Crippen LogP contribution >= 0.6 is 12.2 Å². The van der Waals surface area contributed by atoms with Gasteiger partial charge in [-0.25, -0.2) is 0 Å². The van der Waals surface area contributed by atoms with Crippen LogP contribution in [0.4, 0.5) is 0 Å².